The monoisotopic (exact) mass is 271 g/mol. The van der Waals surface area contributed by atoms with E-state index in [4.69, 9.17) is 0 Å². The number of ether oxygens (including phenoxy) is 1. The van der Waals surface area contributed by atoms with Crippen LogP contribution in [0.1, 0.15) is 4.88 Å². The second-order valence-corrected chi connectivity index (χ2v) is 4.96. The molecule has 0 radical (unpaired) electrons. The van der Waals surface area contributed by atoms with Gasteiger partial charge >= 0.3 is 35.7 Å². The van der Waals surface area contributed by atoms with Gasteiger partial charge in [0.1, 0.15) is 0 Å². The average Bonchev–Trinajstić information content (AvgIpc) is 2.66. The minimum atomic E-state index is -2.17. The summed E-state index contributed by atoms with van der Waals surface area (Å²) < 4.78 is 25.8. The number of nitrogens with one attached hydrogen (secondary N) is 1. The van der Waals surface area contributed by atoms with E-state index in [0.717, 1.165) is 4.88 Å². The van der Waals surface area contributed by atoms with E-state index in [1.54, 1.807) is 12.1 Å². The summed E-state index contributed by atoms with van der Waals surface area (Å²) in [6, 6.07) is 3.27. The van der Waals surface area contributed by atoms with Gasteiger partial charge in [0.25, 0.3) is 0 Å². The summed E-state index contributed by atoms with van der Waals surface area (Å²) in [6.07, 6.45) is 0.107. The Labute approximate surface area is 122 Å². The molecule has 0 aliphatic rings. The number of amides is 1. The number of carbonyl (C=O) groups excluding carboxylic acids is 1. The molecule has 0 aromatic carbocycles. The molecule has 1 rings (SSSR count). The molecule has 0 spiro atoms. The second kappa shape index (κ2) is 8.21. The standard InChI is InChI=1S/C8H11NO4S2.Na/c1-13-8(10)9-5-4-6-2-3-7(14-6)15(11)12;/h2-3H,4-5H2,1H3,(H,9,10)(H,11,12);/q;+1/p-1. The Morgan fingerprint density at radius 3 is 2.81 bits per heavy atom. The molecule has 0 fully saturated rings. The molecule has 1 unspecified atom stereocenters. The van der Waals surface area contributed by atoms with Crippen LogP contribution in [0.25, 0.3) is 0 Å². The number of alkyl carbamates (subject to hydrolysis) is 1. The Hall–Kier alpha value is 0.0800. The normalized spacial score (nSPS) is 11.4. The summed E-state index contributed by atoms with van der Waals surface area (Å²) in [7, 11) is 1.29. The largest absolute Gasteiger partial charge is 1.00 e. The molecule has 0 aliphatic carbocycles. The quantitative estimate of drug-likeness (QED) is 0.502. The Balaban J connectivity index is 0.00000225. The van der Waals surface area contributed by atoms with E-state index in [1.807, 2.05) is 0 Å². The zero-order valence-electron chi connectivity index (χ0n) is 9.02. The second-order valence-electron chi connectivity index (χ2n) is 2.62. The molecule has 0 bridgehead atoms. The predicted octanol–water partition coefficient (Wildman–Crippen LogP) is -2.11. The van der Waals surface area contributed by atoms with Crippen molar-refractivity contribution in [3.05, 3.63) is 17.0 Å². The van der Waals surface area contributed by atoms with Crippen molar-refractivity contribution in [2.24, 2.45) is 0 Å². The van der Waals surface area contributed by atoms with Crippen LogP contribution in [-0.4, -0.2) is 28.5 Å². The molecule has 1 aromatic heterocycles. The van der Waals surface area contributed by atoms with Crippen LogP contribution in [0.2, 0.25) is 0 Å². The molecule has 5 nitrogen and oxygen atoms in total. The van der Waals surface area contributed by atoms with Crippen molar-refractivity contribution >= 4 is 28.5 Å². The molecule has 1 atom stereocenters. The van der Waals surface area contributed by atoms with Crippen molar-refractivity contribution in [1.82, 2.24) is 5.32 Å². The first-order valence-electron chi connectivity index (χ1n) is 4.13. The van der Waals surface area contributed by atoms with Crippen LogP contribution in [0.4, 0.5) is 4.79 Å². The van der Waals surface area contributed by atoms with Crippen LogP contribution in [0.5, 0.6) is 0 Å². The third-order valence-corrected chi connectivity index (χ3v) is 3.69. The molecule has 1 N–H and O–H groups in total. The van der Waals surface area contributed by atoms with Gasteiger partial charge in [-0.25, -0.2) is 4.79 Å². The third-order valence-electron chi connectivity index (χ3n) is 1.63. The van der Waals surface area contributed by atoms with Gasteiger partial charge in [-0.05, 0) is 29.6 Å². The fraction of sp³-hybridized carbons (Fsp3) is 0.375. The number of hydrogen-bond acceptors (Lipinski definition) is 5. The van der Waals surface area contributed by atoms with Gasteiger partial charge < -0.3 is 14.6 Å². The van der Waals surface area contributed by atoms with E-state index in [9.17, 15) is 13.6 Å². The van der Waals surface area contributed by atoms with Gasteiger partial charge in [-0.2, -0.15) is 0 Å². The van der Waals surface area contributed by atoms with Gasteiger partial charge in [0, 0.05) is 11.4 Å². The molecular weight excluding hydrogens is 261 g/mol. The summed E-state index contributed by atoms with van der Waals surface area (Å²) in [4.78, 5) is 11.6. The SMILES string of the molecule is COC(=O)NCCc1ccc(S(=O)[O-])s1.[Na+]. The van der Waals surface area contributed by atoms with Crippen molar-refractivity contribution < 1.29 is 47.9 Å². The van der Waals surface area contributed by atoms with Crippen molar-refractivity contribution in [3.8, 4) is 0 Å². The summed E-state index contributed by atoms with van der Waals surface area (Å²) >= 11 is -0.972. The van der Waals surface area contributed by atoms with Crippen LogP contribution >= 0.6 is 11.3 Å². The number of methoxy groups -OCH3 is 1. The Kier molecular flexibility index (Phi) is 8.25. The summed E-state index contributed by atoms with van der Waals surface area (Å²) in [5.74, 6) is 0. The number of thiophene rings is 1. The number of rotatable bonds is 4. The van der Waals surface area contributed by atoms with Gasteiger partial charge in [-0.15, -0.1) is 11.3 Å². The molecule has 1 amide bonds. The Bertz CT molecular complexity index is 369. The molecule has 1 heterocycles. The molecular formula is C8H10NNaO4S2. The molecule has 0 saturated heterocycles. The predicted molar refractivity (Wildman–Crippen MR) is 55.6 cm³/mol. The van der Waals surface area contributed by atoms with E-state index in [-0.39, 0.29) is 29.6 Å². The van der Waals surface area contributed by atoms with Crippen molar-refractivity contribution in [3.63, 3.8) is 0 Å². The number of carbonyl (C=O) groups is 1. The first-order valence-corrected chi connectivity index (χ1v) is 6.02. The molecule has 0 saturated carbocycles. The first kappa shape index (κ1) is 16.1. The topological polar surface area (TPSA) is 78.5 Å². The fourth-order valence-corrected chi connectivity index (χ4v) is 2.45. The van der Waals surface area contributed by atoms with Gasteiger partial charge in [-0.1, -0.05) is 0 Å². The molecule has 84 valence electrons. The van der Waals surface area contributed by atoms with E-state index in [0.29, 0.717) is 17.2 Å². The Morgan fingerprint density at radius 1 is 1.62 bits per heavy atom. The van der Waals surface area contributed by atoms with Crippen LogP contribution in [0, 0.1) is 0 Å². The van der Waals surface area contributed by atoms with Gasteiger partial charge in [-0.3, -0.25) is 4.21 Å². The smallest absolute Gasteiger partial charge is 0.768 e. The summed E-state index contributed by atoms with van der Waals surface area (Å²) in [5, 5.41) is 2.51. The van der Waals surface area contributed by atoms with Crippen LogP contribution in [0.15, 0.2) is 16.3 Å². The van der Waals surface area contributed by atoms with E-state index in [2.05, 4.69) is 10.1 Å². The fourth-order valence-electron chi connectivity index (χ4n) is 0.942. The maximum absolute atomic E-state index is 10.7. The van der Waals surface area contributed by atoms with Crippen LogP contribution < -0.4 is 34.9 Å². The van der Waals surface area contributed by atoms with Crippen LogP contribution in [-0.2, 0) is 22.2 Å². The maximum Gasteiger partial charge on any atom is 1.00 e. The molecule has 16 heavy (non-hydrogen) atoms. The van der Waals surface area contributed by atoms with Gasteiger partial charge in [0.05, 0.1) is 11.3 Å². The zero-order chi connectivity index (χ0) is 11.3. The van der Waals surface area contributed by atoms with Crippen molar-refractivity contribution in [1.29, 1.82) is 0 Å². The van der Waals surface area contributed by atoms with E-state index in [1.165, 1.54) is 18.4 Å². The maximum atomic E-state index is 10.7. The minimum Gasteiger partial charge on any atom is -0.768 e. The minimum absolute atomic E-state index is 0. The number of hydrogen-bond donors (Lipinski definition) is 1. The molecule has 8 heteroatoms. The van der Waals surface area contributed by atoms with Crippen molar-refractivity contribution in [2.45, 2.75) is 10.6 Å². The summed E-state index contributed by atoms with van der Waals surface area (Å²) in [5.41, 5.74) is 0. The Morgan fingerprint density at radius 2 is 2.31 bits per heavy atom. The van der Waals surface area contributed by atoms with E-state index < -0.39 is 17.2 Å². The van der Waals surface area contributed by atoms with E-state index >= 15 is 0 Å². The van der Waals surface area contributed by atoms with Gasteiger partial charge in [0.15, 0.2) is 0 Å². The van der Waals surface area contributed by atoms with Crippen LogP contribution in [0.3, 0.4) is 0 Å². The first-order chi connectivity index (χ1) is 7.13. The van der Waals surface area contributed by atoms with Crippen molar-refractivity contribution in [2.75, 3.05) is 13.7 Å². The molecule has 1 aromatic rings. The third kappa shape index (κ3) is 5.42. The zero-order valence-corrected chi connectivity index (χ0v) is 12.7. The molecule has 0 aliphatic heterocycles. The summed E-state index contributed by atoms with van der Waals surface area (Å²) in [6.45, 7) is 0.429. The average molecular weight is 271 g/mol. The van der Waals surface area contributed by atoms with Gasteiger partial charge in [0.2, 0.25) is 0 Å².